The molecule has 0 radical (unpaired) electrons. The quantitative estimate of drug-likeness (QED) is 0.129. The molecule has 0 aliphatic carbocycles. The van der Waals surface area contributed by atoms with Gasteiger partial charge in [0.1, 0.15) is 36.1 Å². The minimum atomic E-state index is -1.98. The highest BCUT2D eigenvalue weighted by Gasteiger charge is 2.47. The summed E-state index contributed by atoms with van der Waals surface area (Å²) < 4.78 is 0. The number of amides is 4. The van der Waals surface area contributed by atoms with Crippen molar-refractivity contribution in [2.75, 3.05) is 13.1 Å². The number of primary amides is 1. The first-order valence-electron chi connectivity index (χ1n) is 12.9. The Bertz CT molecular complexity index is 1090. The topological polar surface area (TPSA) is 255 Å². The lowest BCUT2D eigenvalue weighted by molar-refractivity contribution is -0.146. The van der Waals surface area contributed by atoms with Crippen molar-refractivity contribution in [3.63, 3.8) is 0 Å². The summed E-state index contributed by atoms with van der Waals surface area (Å²) in [5.74, 6) is -4.50. The van der Waals surface area contributed by atoms with Gasteiger partial charge in [0, 0.05) is 19.0 Å². The number of phenolic OH excluding ortho intramolecular Hbond substituents is 1. The molecule has 0 saturated carbocycles. The van der Waals surface area contributed by atoms with E-state index in [1.165, 1.54) is 31.2 Å². The van der Waals surface area contributed by atoms with Crippen LogP contribution in [0, 0.1) is 5.92 Å². The second kappa shape index (κ2) is 12.9. The highest BCUT2D eigenvalue weighted by molar-refractivity contribution is 5.95. The largest absolute Gasteiger partial charge is 0.508 e. The van der Waals surface area contributed by atoms with E-state index in [9.17, 15) is 49.8 Å². The van der Waals surface area contributed by atoms with Crippen LogP contribution in [-0.2, 0) is 19.2 Å². The van der Waals surface area contributed by atoms with E-state index in [4.69, 9.17) is 5.73 Å². The summed E-state index contributed by atoms with van der Waals surface area (Å²) in [7, 11) is 0. The van der Waals surface area contributed by atoms with Crippen LogP contribution in [0.1, 0.15) is 31.9 Å². The summed E-state index contributed by atoms with van der Waals surface area (Å²) in [5, 5.41) is 69.1. The van der Waals surface area contributed by atoms with Crippen LogP contribution in [0.5, 0.6) is 5.75 Å². The van der Waals surface area contributed by atoms with Gasteiger partial charge in [0.2, 0.25) is 23.6 Å². The molecule has 2 aliphatic rings. The molecule has 11 N–H and O–H groups in total. The standard InChI is InChI=1S/C25H37N5O10/c1-10-9-30(18(19(10)34)22(26)37)25(40)16(11(2)31)28-24(39)17(29-23(38)15-7-14(33)8-27-15)21(36)20(35)12-3-5-13(32)6-4-12/h3-6,10-11,14-21,27,31-36H,7-9H2,1-2H3,(H2,26,37)(H,28,39)(H,29,38)/t10-,11?,14+,15-,16-,17?,18-,19-,20-,21-/m0/s1. The lowest BCUT2D eigenvalue weighted by Crippen LogP contribution is -2.63. The van der Waals surface area contributed by atoms with Gasteiger partial charge in [-0.15, -0.1) is 0 Å². The van der Waals surface area contributed by atoms with Crippen molar-refractivity contribution < 1.29 is 49.8 Å². The molecule has 15 nitrogen and oxygen atoms in total. The van der Waals surface area contributed by atoms with E-state index in [2.05, 4.69) is 16.0 Å². The van der Waals surface area contributed by atoms with Crippen molar-refractivity contribution in [2.45, 2.75) is 75.0 Å². The molecule has 2 aliphatic heterocycles. The normalized spacial score (nSPS) is 28.3. The van der Waals surface area contributed by atoms with Gasteiger partial charge in [-0.2, -0.15) is 0 Å². The monoisotopic (exact) mass is 567 g/mol. The number of carbonyl (C=O) groups excluding carboxylic acids is 4. The third-order valence-corrected chi connectivity index (χ3v) is 7.25. The maximum atomic E-state index is 13.4. The van der Waals surface area contributed by atoms with Crippen molar-refractivity contribution in [1.29, 1.82) is 0 Å². The molecule has 4 amide bonds. The summed E-state index contributed by atoms with van der Waals surface area (Å²) in [4.78, 5) is 52.6. The Hall–Kier alpha value is -3.34. The molecule has 15 heteroatoms. The fourth-order valence-electron chi connectivity index (χ4n) is 4.91. The van der Waals surface area contributed by atoms with Gasteiger partial charge in [0.05, 0.1) is 24.4 Å². The Kier molecular flexibility index (Phi) is 10.0. The average molecular weight is 568 g/mol. The molecule has 0 aromatic heterocycles. The summed E-state index contributed by atoms with van der Waals surface area (Å²) >= 11 is 0. The van der Waals surface area contributed by atoms with E-state index in [0.717, 1.165) is 4.90 Å². The zero-order chi connectivity index (χ0) is 29.9. The first kappa shape index (κ1) is 31.2. The summed E-state index contributed by atoms with van der Waals surface area (Å²) in [5.41, 5.74) is 5.47. The predicted molar refractivity (Wildman–Crippen MR) is 137 cm³/mol. The molecule has 10 atom stereocenters. The van der Waals surface area contributed by atoms with Crippen molar-refractivity contribution in [2.24, 2.45) is 11.7 Å². The van der Waals surface area contributed by atoms with Crippen LogP contribution < -0.4 is 21.7 Å². The average Bonchev–Trinajstić information content (AvgIpc) is 3.47. The third kappa shape index (κ3) is 6.86. The first-order chi connectivity index (χ1) is 18.7. The van der Waals surface area contributed by atoms with E-state index in [1.807, 2.05) is 0 Å². The molecule has 2 unspecified atom stereocenters. The van der Waals surface area contributed by atoms with Crippen LogP contribution >= 0.6 is 0 Å². The molecule has 2 heterocycles. The van der Waals surface area contributed by atoms with Gasteiger partial charge >= 0.3 is 0 Å². The number of aliphatic hydroxyl groups is 5. The number of hydrogen-bond acceptors (Lipinski definition) is 11. The number of hydrogen-bond donors (Lipinski definition) is 10. The molecule has 3 rings (SSSR count). The lowest BCUT2D eigenvalue weighted by atomic mass is 9.97. The third-order valence-electron chi connectivity index (χ3n) is 7.25. The van der Waals surface area contributed by atoms with Crippen molar-refractivity contribution in [3.05, 3.63) is 29.8 Å². The van der Waals surface area contributed by atoms with Gasteiger partial charge in [0.15, 0.2) is 0 Å². The number of rotatable bonds is 10. The van der Waals surface area contributed by atoms with Gasteiger partial charge in [-0.1, -0.05) is 19.1 Å². The molecule has 40 heavy (non-hydrogen) atoms. The predicted octanol–water partition coefficient (Wildman–Crippen LogP) is -4.45. The molecule has 1 aromatic rings. The highest BCUT2D eigenvalue weighted by Crippen LogP contribution is 2.25. The first-order valence-corrected chi connectivity index (χ1v) is 12.9. The maximum absolute atomic E-state index is 13.4. The number of nitrogens with two attached hydrogens (primary N) is 1. The van der Waals surface area contributed by atoms with Crippen molar-refractivity contribution >= 4 is 23.6 Å². The molecule has 0 spiro atoms. The van der Waals surface area contributed by atoms with E-state index >= 15 is 0 Å². The zero-order valence-corrected chi connectivity index (χ0v) is 22.0. The van der Waals surface area contributed by atoms with Gasteiger partial charge in [-0.05, 0) is 31.0 Å². The molecule has 0 bridgehead atoms. The summed E-state index contributed by atoms with van der Waals surface area (Å²) in [6.45, 7) is 2.81. The number of phenols is 1. The van der Waals surface area contributed by atoms with Crippen molar-refractivity contribution in [1.82, 2.24) is 20.9 Å². The van der Waals surface area contributed by atoms with Gasteiger partial charge in [-0.3, -0.25) is 19.2 Å². The Balaban J connectivity index is 1.86. The van der Waals surface area contributed by atoms with Crippen molar-refractivity contribution in [3.8, 4) is 5.75 Å². The molecule has 2 saturated heterocycles. The summed E-state index contributed by atoms with van der Waals surface area (Å²) in [6.07, 6.45) is -7.31. The Morgan fingerprint density at radius 1 is 1.05 bits per heavy atom. The number of nitrogens with one attached hydrogen (secondary N) is 3. The number of aromatic hydroxyl groups is 1. The van der Waals surface area contributed by atoms with Crippen LogP contribution in [-0.4, -0.2) is 121 Å². The number of benzene rings is 1. The summed E-state index contributed by atoms with van der Waals surface area (Å²) in [6, 6.07) is -0.798. The van der Waals surface area contributed by atoms with E-state index in [-0.39, 0.29) is 30.8 Å². The van der Waals surface area contributed by atoms with Crippen LogP contribution in [0.25, 0.3) is 0 Å². The Morgan fingerprint density at radius 3 is 2.20 bits per heavy atom. The molecular weight excluding hydrogens is 530 g/mol. The second-order valence-corrected chi connectivity index (χ2v) is 10.4. The number of nitrogens with zero attached hydrogens (tertiary/aromatic N) is 1. The fourth-order valence-corrected chi connectivity index (χ4v) is 4.91. The van der Waals surface area contributed by atoms with Crippen LogP contribution in [0.3, 0.4) is 0 Å². The lowest BCUT2D eigenvalue weighted by Gasteiger charge is -2.32. The Morgan fingerprint density at radius 2 is 1.68 bits per heavy atom. The number of likely N-dealkylation sites (tertiary alicyclic amines) is 1. The number of aliphatic hydroxyl groups excluding tert-OH is 5. The van der Waals surface area contributed by atoms with Gasteiger partial charge in [0.25, 0.3) is 0 Å². The minimum Gasteiger partial charge on any atom is -0.508 e. The van der Waals surface area contributed by atoms with E-state index < -0.39 is 84.2 Å². The maximum Gasteiger partial charge on any atom is 0.248 e. The van der Waals surface area contributed by atoms with E-state index in [1.54, 1.807) is 6.92 Å². The minimum absolute atomic E-state index is 0.0234. The number of β-amino-alcohol motifs (C(OH)–C–C–N with tert-alkyl or cyclic N) is 1. The molecular formula is C25H37N5O10. The second-order valence-electron chi connectivity index (χ2n) is 10.4. The molecule has 2 fully saturated rings. The van der Waals surface area contributed by atoms with Crippen LogP contribution in [0.15, 0.2) is 24.3 Å². The fraction of sp³-hybridized carbons (Fsp3) is 0.600. The van der Waals surface area contributed by atoms with Crippen LogP contribution in [0.4, 0.5) is 0 Å². The molecule has 1 aromatic carbocycles. The zero-order valence-electron chi connectivity index (χ0n) is 22.0. The van der Waals surface area contributed by atoms with E-state index in [0.29, 0.717) is 0 Å². The SMILES string of the molecule is CC(O)[C@H](NC(=O)C(NC(=O)[C@@H]1C[C@@H](O)CN1)[C@H](O)[C@@H](O)c1ccc(O)cc1)C(=O)N1C[C@H](C)[C@H](O)[C@H]1C(N)=O. The van der Waals surface area contributed by atoms with Gasteiger partial charge < -0.3 is 57.2 Å². The van der Waals surface area contributed by atoms with Crippen LogP contribution in [0.2, 0.25) is 0 Å². The van der Waals surface area contributed by atoms with Gasteiger partial charge in [-0.25, -0.2) is 0 Å². The highest BCUT2D eigenvalue weighted by atomic mass is 16.3. The molecule has 222 valence electrons. The Labute approximate surface area is 230 Å². The smallest absolute Gasteiger partial charge is 0.248 e. The number of carbonyl (C=O) groups is 4.